The highest BCUT2D eigenvalue weighted by atomic mass is 17.0. The second-order valence-corrected chi connectivity index (χ2v) is 8.43. The zero-order chi connectivity index (χ0) is 20.5. The van der Waals surface area contributed by atoms with Crippen molar-refractivity contribution in [3.05, 3.63) is 35.9 Å². The standard InChI is InChI=1S/C25H46NO2/c1-5-6-7-8-9-10-11-12-13-14-15-17-20-24(2)28-26(3,27-4)23-25-21-18-16-19-22-25/h16,18-19,21-22,24H,5-15,17,20,23H2,1-4H3/q+1. The molecule has 0 heterocycles. The molecule has 0 N–H and O–H groups in total. The zero-order valence-electron chi connectivity index (χ0n) is 19.1. The summed E-state index contributed by atoms with van der Waals surface area (Å²) in [4.78, 5) is 12.0. The SMILES string of the molecule is CCCCCCCCCCCCCCC(C)O[N+](C)(Cc1ccccc1)OC. The number of unbranched alkanes of at least 4 members (excludes halogenated alkanes) is 11. The fourth-order valence-corrected chi connectivity index (χ4v) is 3.77. The quantitative estimate of drug-likeness (QED) is 0.145. The van der Waals surface area contributed by atoms with E-state index in [1.807, 2.05) is 13.1 Å². The molecule has 2 atom stereocenters. The summed E-state index contributed by atoms with van der Waals surface area (Å²) in [5, 5.41) is 0. The molecule has 0 aliphatic carbocycles. The molecule has 0 spiro atoms. The van der Waals surface area contributed by atoms with Gasteiger partial charge in [-0.25, -0.2) is 0 Å². The number of hydroxylamine groups is 4. The lowest BCUT2D eigenvalue weighted by Gasteiger charge is -2.30. The monoisotopic (exact) mass is 392 g/mol. The topological polar surface area (TPSA) is 18.5 Å². The number of hydrogen-bond acceptors (Lipinski definition) is 2. The molecular weight excluding hydrogens is 346 g/mol. The van der Waals surface area contributed by atoms with Gasteiger partial charge in [-0.05, 0) is 18.2 Å². The highest BCUT2D eigenvalue weighted by molar-refractivity contribution is 5.13. The van der Waals surface area contributed by atoms with Crippen molar-refractivity contribution < 1.29 is 14.5 Å². The Hall–Kier alpha value is -0.900. The largest absolute Gasteiger partial charge is 0.171 e. The molecule has 162 valence electrons. The number of rotatable bonds is 18. The molecule has 0 saturated heterocycles. The molecule has 0 fully saturated rings. The first-order valence-corrected chi connectivity index (χ1v) is 11.7. The maximum atomic E-state index is 6.21. The van der Waals surface area contributed by atoms with E-state index in [1.165, 1.54) is 82.6 Å². The van der Waals surface area contributed by atoms with Crippen LogP contribution in [0, 0.1) is 0 Å². The van der Waals surface area contributed by atoms with Gasteiger partial charge < -0.3 is 0 Å². The molecule has 0 amide bonds. The van der Waals surface area contributed by atoms with Crippen LogP contribution in [0.2, 0.25) is 0 Å². The van der Waals surface area contributed by atoms with Crippen molar-refractivity contribution in [2.24, 2.45) is 0 Å². The minimum Gasteiger partial charge on any atom is -0.171 e. The lowest BCUT2D eigenvalue weighted by atomic mass is 10.0. The predicted molar refractivity (Wildman–Crippen MR) is 120 cm³/mol. The van der Waals surface area contributed by atoms with Crippen LogP contribution >= 0.6 is 0 Å². The van der Waals surface area contributed by atoms with E-state index in [1.54, 1.807) is 7.11 Å². The Morgan fingerprint density at radius 2 is 1.29 bits per heavy atom. The van der Waals surface area contributed by atoms with E-state index in [2.05, 4.69) is 38.1 Å². The third-order valence-corrected chi connectivity index (χ3v) is 5.57. The maximum absolute atomic E-state index is 6.21. The van der Waals surface area contributed by atoms with E-state index < -0.39 is 0 Å². The lowest BCUT2D eigenvalue weighted by molar-refractivity contribution is -1.24. The summed E-state index contributed by atoms with van der Waals surface area (Å²) in [6.45, 7) is 5.17. The first-order valence-electron chi connectivity index (χ1n) is 11.7. The summed E-state index contributed by atoms with van der Waals surface area (Å²) in [5.41, 5.74) is 1.23. The highest BCUT2D eigenvalue weighted by Gasteiger charge is 2.27. The van der Waals surface area contributed by atoms with Gasteiger partial charge in [0.05, 0.1) is 7.11 Å². The molecule has 0 aromatic heterocycles. The molecule has 28 heavy (non-hydrogen) atoms. The van der Waals surface area contributed by atoms with Crippen molar-refractivity contribution in [3.63, 3.8) is 0 Å². The van der Waals surface area contributed by atoms with Gasteiger partial charge in [0.1, 0.15) is 13.2 Å². The molecular formula is C25H46NO2+. The van der Waals surface area contributed by atoms with Crippen molar-refractivity contribution in [2.75, 3.05) is 14.2 Å². The molecule has 0 bridgehead atoms. The Balaban J connectivity index is 2.04. The zero-order valence-corrected chi connectivity index (χ0v) is 19.1. The van der Waals surface area contributed by atoms with Gasteiger partial charge in [-0.3, -0.25) is 0 Å². The molecule has 1 aromatic rings. The van der Waals surface area contributed by atoms with E-state index in [-0.39, 0.29) is 10.9 Å². The number of benzene rings is 1. The van der Waals surface area contributed by atoms with Crippen LogP contribution in [0.25, 0.3) is 0 Å². The summed E-state index contributed by atoms with van der Waals surface area (Å²) < 4.78 is 0. The van der Waals surface area contributed by atoms with E-state index in [0.29, 0.717) is 0 Å². The highest BCUT2D eigenvalue weighted by Crippen LogP contribution is 2.18. The van der Waals surface area contributed by atoms with Gasteiger partial charge in [0.2, 0.25) is 0 Å². The summed E-state index contributed by atoms with van der Waals surface area (Å²) >= 11 is 0. The van der Waals surface area contributed by atoms with Gasteiger partial charge in [0, 0.05) is 5.56 Å². The third-order valence-electron chi connectivity index (χ3n) is 5.57. The van der Waals surface area contributed by atoms with Crippen molar-refractivity contribution in [3.8, 4) is 0 Å². The summed E-state index contributed by atoms with van der Waals surface area (Å²) in [5.74, 6) is 0. The van der Waals surface area contributed by atoms with Gasteiger partial charge in [-0.1, -0.05) is 114 Å². The number of hydrogen-bond donors (Lipinski definition) is 0. The van der Waals surface area contributed by atoms with Crippen molar-refractivity contribution in [2.45, 2.75) is 110 Å². The van der Waals surface area contributed by atoms with E-state index >= 15 is 0 Å². The number of nitrogens with zero attached hydrogens (tertiary/aromatic N) is 1. The van der Waals surface area contributed by atoms with Crippen LogP contribution in [-0.4, -0.2) is 25.1 Å². The minimum atomic E-state index is 0.170. The van der Waals surface area contributed by atoms with Crippen LogP contribution in [0.5, 0.6) is 0 Å². The molecule has 3 heteroatoms. The molecule has 0 saturated carbocycles. The van der Waals surface area contributed by atoms with E-state index in [9.17, 15) is 0 Å². The summed E-state index contributed by atoms with van der Waals surface area (Å²) in [6.07, 6.45) is 18.0. The fourth-order valence-electron chi connectivity index (χ4n) is 3.77. The Kier molecular flexibility index (Phi) is 14.3. The Morgan fingerprint density at radius 3 is 1.79 bits per heavy atom. The van der Waals surface area contributed by atoms with E-state index in [4.69, 9.17) is 9.68 Å². The fraction of sp³-hybridized carbons (Fsp3) is 0.760. The lowest BCUT2D eigenvalue weighted by Crippen LogP contribution is -2.44. The third kappa shape index (κ3) is 12.5. The normalized spacial score (nSPS) is 14.7. The molecule has 0 aliphatic rings. The molecule has 0 aliphatic heterocycles. The van der Waals surface area contributed by atoms with Gasteiger partial charge in [0.25, 0.3) is 0 Å². The maximum Gasteiger partial charge on any atom is 0.167 e. The Labute approximate surface area is 174 Å². The van der Waals surface area contributed by atoms with Crippen LogP contribution in [0.3, 0.4) is 0 Å². The second-order valence-electron chi connectivity index (χ2n) is 8.43. The average Bonchev–Trinajstić information content (AvgIpc) is 2.69. The van der Waals surface area contributed by atoms with Gasteiger partial charge >= 0.3 is 0 Å². The van der Waals surface area contributed by atoms with E-state index in [0.717, 1.165) is 13.0 Å². The van der Waals surface area contributed by atoms with Crippen LogP contribution in [-0.2, 0) is 16.2 Å². The van der Waals surface area contributed by atoms with Gasteiger partial charge in [0.15, 0.2) is 6.54 Å². The Morgan fingerprint density at radius 1 is 0.786 bits per heavy atom. The van der Waals surface area contributed by atoms with Gasteiger partial charge in [-0.2, -0.15) is 9.68 Å². The van der Waals surface area contributed by atoms with Crippen molar-refractivity contribution in [1.82, 2.24) is 0 Å². The second kappa shape index (κ2) is 16.0. The van der Waals surface area contributed by atoms with Crippen LogP contribution in [0.1, 0.15) is 103 Å². The first kappa shape index (κ1) is 25.1. The summed E-state index contributed by atoms with van der Waals surface area (Å²) in [6, 6.07) is 10.4. The average molecular weight is 393 g/mol. The smallest absolute Gasteiger partial charge is 0.167 e. The predicted octanol–water partition coefficient (Wildman–Crippen LogP) is 7.61. The Bertz CT molecular complexity index is 465. The van der Waals surface area contributed by atoms with Crippen LogP contribution in [0.15, 0.2) is 30.3 Å². The number of quaternary nitrogens is 1. The minimum absolute atomic E-state index is 0.170. The molecule has 1 rings (SSSR count). The first-order chi connectivity index (χ1) is 13.6. The van der Waals surface area contributed by atoms with Gasteiger partial charge in [-0.15, -0.1) is 0 Å². The van der Waals surface area contributed by atoms with Crippen molar-refractivity contribution in [1.29, 1.82) is 0 Å². The molecule has 1 aromatic carbocycles. The molecule has 0 radical (unpaired) electrons. The molecule has 3 nitrogen and oxygen atoms in total. The van der Waals surface area contributed by atoms with Crippen molar-refractivity contribution >= 4 is 0 Å². The molecule has 2 unspecified atom stereocenters. The van der Waals surface area contributed by atoms with Crippen LogP contribution < -0.4 is 0 Å². The summed E-state index contributed by atoms with van der Waals surface area (Å²) in [7, 11) is 3.71. The van der Waals surface area contributed by atoms with Crippen LogP contribution in [0.4, 0.5) is 0 Å².